The number of hydrogen-bond donors (Lipinski definition) is 7. The lowest BCUT2D eigenvalue weighted by Crippen LogP contribution is -2.54. The number of carbonyl (C=O) groups is 4. The summed E-state index contributed by atoms with van der Waals surface area (Å²) in [5.74, 6) is -3.04. The van der Waals surface area contributed by atoms with Crippen LogP contribution < -0.4 is 33.2 Å². The zero-order valence-corrected chi connectivity index (χ0v) is 14.8. The first-order valence-electron chi connectivity index (χ1n) is 7.95. The van der Waals surface area contributed by atoms with Gasteiger partial charge in [0.15, 0.2) is 5.96 Å². The van der Waals surface area contributed by atoms with Crippen molar-refractivity contribution in [2.75, 3.05) is 13.1 Å². The lowest BCUT2D eigenvalue weighted by atomic mass is 10.1. The van der Waals surface area contributed by atoms with Crippen LogP contribution in [0, 0.1) is 0 Å². The number of amides is 3. The molecule has 0 aliphatic carbocycles. The minimum absolute atomic E-state index is 0.0465. The van der Waals surface area contributed by atoms with Gasteiger partial charge in [0.2, 0.25) is 17.7 Å². The second-order valence-electron chi connectivity index (χ2n) is 5.63. The standard InChI is InChI=1S/C14H27N7O5/c1-7(11(24)19-6-10(22)23)20-12(25)8(2)21-13(26)9(15)4-3-5-18-14(16)17/h7-9H,3-6,15H2,1-2H3,(H,19,24)(H,20,25)(H,21,26)(H,22,23)(H4,16,17,18). The lowest BCUT2D eigenvalue weighted by Gasteiger charge is -2.19. The van der Waals surface area contributed by atoms with Crippen molar-refractivity contribution in [3.05, 3.63) is 0 Å². The monoisotopic (exact) mass is 373 g/mol. The summed E-state index contributed by atoms with van der Waals surface area (Å²) in [6, 6.07) is -2.73. The van der Waals surface area contributed by atoms with Crippen molar-refractivity contribution in [3.63, 3.8) is 0 Å². The Morgan fingerprint density at radius 2 is 1.54 bits per heavy atom. The van der Waals surface area contributed by atoms with Crippen molar-refractivity contribution >= 4 is 29.7 Å². The molecule has 0 aromatic heterocycles. The number of guanidine groups is 1. The average Bonchev–Trinajstić information content (AvgIpc) is 2.55. The molecule has 3 atom stereocenters. The van der Waals surface area contributed by atoms with E-state index in [1.165, 1.54) is 13.8 Å². The second kappa shape index (κ2) is 11.6. The van der Waals surface area contributed by atoms with E-state index in [1.807, 2.05) is 0 Å². The van der Waals surface area contributed by atoms with Gasteiger partial charge in [-0.1, -0.05) is 0 Å². The maximum atomic E-state index is 12.0. The highest BCUT2D eigenvalue weighted by Gasteiger charge is 2.23. The molecule has 0 heterocycles. The summed E-state index contributed by atoms with van der Waals surface area (Å²) in [5.41, 5.74) is 16.1. The molecule has 26 heavy (non-hydrogen) atoms. The molecule has 0 aromatic carbocycles. The molecule has 0 spiro atoms. The number of aliphatic imine (C=N–C) groups is 1. The van der Waals surface area contributed by atoms with Gasteiger partial charge < -0.3 is 38.3 Å². The van der Waals surface area contributed by atoms with Gasteiger partial charge in [0.05, 0.1) is 6.04 Å². The van der Waals surface area contributed by atoms with E-state index in [-0.39, 0.29) is 5.96 Å². The predicted molar refractivity (Wildman–Crippen MR) is 93.7 cm³/mol. The third-order valence-electron chi connectivity index (χ3n) is 3.22. The zero-order chi connectivity index (χ0) is 20.3. The van der Waals surface area contributed by atoms with Crippen molar-refractivity contribution in [1.29, 1.82) is 0 Å². The van der Waals surface area contributed by atoms with Gasteiger partial charge in [-0.05, 0) is 26.7 Å². The van der Waals surface area contributed by atoms with E-state index in [2.05, 4.69) is 20.9 Å². The molecule has 0 rings (SSSR count). The van der Waals surface area contributed by atoms with Gasteiger partial charge in [-0.3, -0.25) is 24.2 Å². The molecule has 0 saturated carbocycles. The van der Waals surface area contributed by atoms with Gasteiger partial charge in [-0.25, -0.2) is 0 Å². The van der Waals surface area contributed by atoms with Gasteiger partial charge in [-0.15, -0.1) is 0 Å². The largest absolute Gasteiger partial charge is 0.480 e. The topological polar surface area (TPSA) is 215 Å². The van der Waals surface area contributed by atoms with E-state index < -0.39 is 48.4 Å². The van der Waals surface area contributed by atoms with Gasteiger partial charge in [0, 0.05) is 6.54 Å². The molecule has 0 radical (unpaired) electrons. The van der Waals surface area contributed by atoms with E-state index in [0.717, 1.165) is 0 Å². The summed E-state index contributed by atoms with van der Waals surface area (Å²) in [6.45, 7) is 2.60. The molecule has 0 aromatic rings. The Kier molecular flexibility index (Phi) is 10.3. The third-order valence-corrected chi connectivity index (χ3v) is 3.22. The number of hydrogen-bond acceptors (Lipinski definition) is 6. The Hall–Kier alpha value is -2.89. The van der Waals surface area contributed by atoms with Gasteiger partial charge >= 0.3 is 5.97 Å². The quantitative estimate of drug-likeness (QED) is 0.110. The molecule has 0 aliphatic heterocycles. The molecule has 0 bridgehead atoms. The Morgan fingerprint density at radius 1 is 1.00 bits per heavy atom. The molecule has 10 N–H and O–H groups in total. The Bertz CT molecular complexity index is 548. The van der Waals surface area contributed by atoms with Gasteiger partial charge in [0.25, 0.3) is 0 Å². The summed E-state index contributed by atoms with van der Waals surface area (Å²) in [5, 5.41) is 15.4. The molecule has 12 nitrogen and oxygen atoms in total. The van der Waals surface area contributed by atoms with Crippen LogP contribution in [0.5, 0.6) is 0 Å². The SMILES string of the molecule is CC(NC(=O)C(N)CCCN=C(N)N)C(=O)NC(C)C(=O)NCC(=O)O. The first-order valence-corrected chi connectivity index (χ1v) is 7.95. The van der Waals surface area contributed by atoms with Crippen LogP contribution in [0.4, 0.5) is 0 Å². The molecule has 3 unspecified atom stereocenters. The fourth-order valence-corrected chi connectivity index (χ4v) is 1.76. The van der Waals surface area contributed by atoms with Crippen molar-refractivity contribution in [2.45, 2.75) is 44.8 Å². The van der Waals surface area contributed by atoms with E-state index in [9.17, 15) is 19.2 Å². The molecular formula is C14H27N7O5. The molecule has 0 fully saturated rings. The average molecular weight is 373 g/mol. The summed E-state index contributed by atoms with van der Waals surface area (Å²) >= 11 is 0. The van der Waals surface area contributed by atoms with Gasteiger partial charge in [-0.2, -0.15) is 0 Å². The van der Waals surface area contributed by atoms with E-state index >= 15 is 0 Å². The number of carboxylic acid groups (broad SMARTS) is 1. The molecule has 0 aliphatic rings. The number of carboxylic acids is 1. The zero-order valence-electron chi connectivity index (χ0n) is 14.8. The number of nitrogens with one attached hydrogen (secondary N) is 3. The number of nitrogens with two attached hydrogens (primary N) is 3. The number of carbonyl (C=O) groups excluding carboxylic acids is 3. The lowest BCUT2D eigenvalue weighted by molar-refractivity contribution is -0.138. The van der Waals surface area contributed by atoms with Crippen LogP contribution in [0.25, 0.3) is 0 Å². The summed E-state index contributed by atoms with van der Waals surface area (Å²) in [7, 11) is 0. The van der Waals surface area contributed by atoms with Crippen molar-refractivity contribution in [3.8, 4) is 0 Å². The smallest absolute Gasteiger partial charge is 0.322 e. The van der Waals surface area contributed by atoms with E-state index in [0.29, 0.717) is 19.4 Å². The minimum atomic E-state index is -1.20. The Morgan fingerprint density at radius 3 is 2.08 bits per heavy atom. The Labute approximate surface area is 150 Å². The summed E-state index contributed by atoms with van der Waals surface area (Å²) < 4.78 is 0. The highest BCUT2D eigenvalue weighted by molar-refractivity contribution is 5.93. The summed E-state index contributed by atoms with van der Waals surface area (Å²) in [4.78, 5) is 49.7. The molecule has 0 saturated heterocycles. The van der Waals surface area contributed by atoms with Crippen LogP contribution in [-0.4, -0.2) is 66.0 Å². The van der Waals surface area contributed by atoms with Crippen LogP contribution in [0.15, 0.2) is 4.99 Å². The van der Waals surface area contributed by atoms with Crippen molar-refractivity contribution < 1.29 is 24.3 Å². The predicted octanol–water partition coefficient (Wildman–Crippen LogP) is -3.42. The molecule has 148 valence electrons. The maximum Gasteiger partial charge on any atom is 0.322 e. The first-order chi connectivity index (χ1) is 12.0. The Balaban J connectivity index is 4.30. The van der Waals surface area contributed by atoms with Crippen LogP contribution in [0.3, 0.4) is 0 Å². The van der Waals surface area contributed by atoms with Gasteiger partial charge in [0.1, 0.15) is 18.6 Å². The van der Waals surface area contributed by atoms with Crippen LogP contribution >= 0.6 is 0 Å². The van der Waals surface area contributed by atoms with E-state index in [1.54, 1.807) is 0 Å². The maximum absolute atomic E-state index is 12.0. The third kappa shape index (κ3) is 10.1. The first kappa shape index (κ1) is 23.1. The fourth-order valence-electron chi connectivity index (χ4n) is 1.76. The number of rotatable bonds is 11. The normalized spacial score (nSPS) is 13.7. The molecule has 12 heteroatoms. The molecule has 3 amide bonds. The number of aliphatic carboxylic acids is 1. The molecular weight excluding hydrogens is 346 g/mol. The van der Waals surface area contributed by atoms with Crippen molar-refractivity contribution in [2.24, 2.45) is 22.2 Å². The van der Waals surface area contributed by atoms with Crippen molar-refractivity contribution in [1.82, 2.24) is 16.0 Å². The van der Waals surface area contributed by atoms with Crippen LogP contribution in [0.1, 0.15) is 26.7 Å². The second-order valence-corrected chi connectivity index (χ2v) is 5.63. The highest BCUT2D eigenvalue weighted by atomic mass is 16.4. The van der Waals surface area contributed by atoms with E-state index in [4.69, 9.17) is 22.3 Å². The summed E-state index contributed by atoms with van der Waals surface area (Å²) in [6.07, 6.45) is 0.818. The fraction of sp³-hybridized carbons (Fsp3) is 0.643. The van der Waals surface area contributed by atoms with Crippen LogP contribution in [0.2, 0.25) is 0 Å². The minimum Gasteiger partial charge on any atom is -0.480 e. The number of nitrogens with zero attached hydrogens (tertiary/aromatic N) is 1. The highest BCUT2D eigenvalue weighted by Crippen LogP contribution is 1.97. The van der Waals surface area contributed by atoms with Crippen LogP contribution in [-0.2, 0) is 19.2 Å².